The molecule has 0 aromatic heterocycles. The van der Waals surface area contributed by atoms with Crippen molar-refractivity contribution in [2.24, 2.45) is 0 Å². The van der Waals surface area contributed by atoms with E-state index < -0.39 is 0 Å². The molecule has 0 bridgehead atoms. The lowest BCUT2D eigenvalue weighted by molar-refractivity contribution is 1.24. The zero-order valence-corrected chi connectivity index (χ0v) is 33.4. The topological polar surface area (TPSA) is 6.48 Å². The van der Waals surface area contributed by atoms with Gasteiger partial charge in [-0.15, -0.1) is 0 Å². The van der Waals surface area contributed by atoms with Gasteiger partial charge in [0, 0.05) is 33.5 Å². The van der Waals surface area contributed by atoms with Gasteiger partial charge in [0.15, 0.2) is 0 Å². The Hall–Kier alpha value is -5.86. The van der Waals surface area contributed by atoms with Gasteiger partial charge in [-0.05, 0) is 208 Å². The van der Waals surface area contributed by atoms with E-state index in [1.54, 1.807) is 0 Å². The Bertz CT molecular complexity index is 2490. The molecule has 0 unspecified atom stereocenters. The minimum Gasteiger partial charge on any atom is -0.310 e. The molecule has 0 aliphatic heterocycles. The van der Waals surface area contributed by atoms with Gasteiger partial charge in [0.25, 0.3) is 0 Å². The monoisotopic (exact) mass is 702 g/mol. The molecule has 0 amide bonds. The molecule has 0 spiro atoms. The van der Waals surface area contributed by atoms with Crippen LogP contribution in [0.2, 0.25) is 0 Å². The normalized spacial score (nSPS) is 11.5. The molecule has 0 radical (unpaired) electrons. The first-order chi connectivity index (χ1) is 25.9. The van der Waals surface area contributed by atoms with Gasteiger partial charge in [-0.2, -0.15) is 0 Å². The predicted molar refractivity (Wildman–Crippen MR) is 236 cm³/mol. The van der Waals surface area contributed by atoms with Crippen molar-refractivity contribution in [1.82, 2.24) is 0 Å². The van der Waals surface area contributed by atoms with Crippen LogP contribution in [0.3, 0.4) is 0 Å². The van der Waals surface area contributed by atoms with Crippen molar-refractivity contribution in [3.63, 3.8) is 0 Å². The van der Waals surface area contributed by atoms with E-state index in [0.717, 1.165) is 22.7 Å². The Morgan fingerprint density at radius 2 is 0.537 bits per heavy atom. The zero-order chi connectivity index (χ0) is 38.0. The van der Waals surface area contributed by atoms with E-state index in [2.05, 4.69) is 200 Å². The lowest BCUT2D eigenvalue weighted by atomic mass is 9.91. The van der Waals surface area contributed by atoms with Crippen LogP contribution in [0.5, 0.6) is 0 Å². The highest BCUT2D eigenvalue weighted by atomic mass is 15.2. The summed E-state index contributed by atoms with van der Waals surface area (Å²) in [4.78, 5) is 4.95. The summed E-state index contributed by atoms with van der Waals surface area (Å²) < 4.78 is 0. The number of hydrogen-bond acceptors (Lipinski definition) is 2. The Morgan fingerprint density at radius 3 is 0.815 bits per heavy atom. The van der Waals surface area contributed by atoms with Gasteiger partial charge in [0.1, 0.15) is 0 Å². The van der Waals surface area contributed by atoms with Crippen molar-refractivity contribution >= 4 is 66.4 Å². The van der Waals surface area contributed by atoms with Gasteiger partial charge in [-0.1, -0.05) is 59.7 Å². The quantitative estimate of drug-likeness (QED) is 0.159. The molecule has 268 valence electrons. The maximum Gasteiger partial charge on any atom is 0.0546 e. The van der Waals surface area contributed by atoms with Crippen molar-refractivity contribution < 1.29 is 0 Å². The van der Waals surface area contributed by atoms with Gasteiger partial charge in [-0.3, -0.25) is 0 Å². The third-order valence-corrected chi connectivity index (χ3v) is 11.8. The molecule has 0 aliphatic carbocycles. The average molecular weight is 703 g/mol. The van der Waals surface area contributed by atoms with Crippen LogP contribution in [0.15, 0.2) is 121 Å². The minimum absolute atomic E-state index is 1.16. The number of fused-ring (bicyclic) bond motifs is 5. The summed E-state index contributed by atoms with van der Waals surface area (Å²) in [5.74, 6) is 0. The fraction of sp³-hybridized carbons (Fsp3) is 0.192. The van der Waals surface area contributed by atoms with E-state index in [9.17, 15) is 0 Å². The predicted octanol–water partition coefficient (Wildman–Crippen LogP) is 15.2. The molecular weight excluding hydrogens is 653 g/mol. The van der Waals surface area contributed by atoms with Gasteiger partial charge in [0.2, 0.25) is 0 Å². The molecule has 0 N–H and O–H groups in total. The maximum absolute atomic E-state index is 2.48. The number of anilines is 6. The van der Waals surface area contributed by atoms with Crippen molar-refractivity contribution in [1.29, 1.82) is 0 Å². The van der Waals surface area contributed by atoms with E-state index in [4.69, 9.17) is 0 Å². The van der Waals surface area contributed by atoms with Crippen molar-refractivity contribution in [2.75, 3.05) is 9.80 Å². The largest absolute Gasteiger partial charge is 0.310 e. The molecule has 0 heterocycles. The second kappa shape index (κ2) is 13.5. The van der Waals surface area contributed by atoms with E-state index in [1.165, 1.54) is 99.3 Å². The highest BCUT2D eigenvalue weighted by Crippen LogP contribution is 2.48. The van der Waals surface area contributed by atoms with Gasteiger partial charge in [0.05, 0.1) is 11.4 Å². The van der Waals surface area contributed by atoms with E-state index in [1.807, 2.05) is 0 Å². The summed E-state index contributed by atoms with van der Waals surface area (Å²) >= 11 is 0. The lowest BCUT2D eigenvalue weighted by Gasteiger charge is -2.31. The van der Waals surface area contributed by atoms with Crippen molar-refractivity contribution in [3.05, 3.63) is 177 Å². The molecule has 0 saturated carbocycles. The first-order valence-electron chi connectivity index (χ1n) is 19.2. The summed E-state index contributed by atoms with van der Waals surface area (Å²) in [5, 5.41) is 7.46. The summed E-state index contributed by atoms with van der Waals surface area (Å²) in [6.45, 7) is 22.1. The highest BCUT2D eigenvalue weighted by Gasteiger charge is 2.23. The summed E-state index contributed by atoms with van der Waals surface area (Å²) in [5.41, 5.74) is 19.8. The van der Waals surface area contributed by atoms with Crippen LogP contribution in [0.1, 0.15) is 55.6 Å². The molecule has 0 fully saturated rings. The Kier molecular flexibility index (Phi) is 8.81. The molecule has 2 nitrogen and oxygen atoms in total. The lowest BCUT2D eigenvalue weighted by Crippen LogP contribution is -2.13. The van der Waals surface area contributed by atoms with Crippen molar-refractivity contribution in [3.8, 4) is 0 Å². The van der Waals surface area contributed by atoms with Crippen LogP contribution in [0.4, 0.5) is 34.1 Å². The van der Waals surface area contributed by atoms with Gasteiger partial charge >= 0.3 is 0 Å². The third-order valence-electron chi connectivity index (χ3n) is 11.8. The summed E-state index contributed by atoms with van der Waals surface area (Å²) in [6, 6.07) is 46.4. The Balaban J connectivity index is 1.51. The second-order valence-electron chi connectivity index (χ2n) is 15.7. The number of nitrogens with zero attached hydrogens (tertiary/aromatic N) is 2. The standard InChI is InChI=1S/C52H50N2/c1-31-11-21-45-47-30-52(54(43-19-15-35(5)39(9)27-43)44-20-16-36(6)40(10)28-44)50-24-32(2)12-22-46(50)48(47)29-51(49(45)23-31)53(41-17-13-33(3)37(7)25-41)42-18-14-34(4)38(8)26-42/h11-30H,1-10H3. The molecule has 0 aliphatic rings. The Labute approximate surface area is 321 Å². The van der Waals surface area contributed by atoms with E-state index in [-0.39, 0.29) is 0 Å². The van der Waals surface area contributed by atoms with Crippen LogP contribution >= 0.6 is 0 Å². The summed E-state index contributed by atoms with van der Waals surface area (Å²) in [6.07, 6.45) is 0. The fourth-order valence-electron chi connectivity index (χ4n) is 7.92. The van der Waals surface area contributed by atoms with Crippen LogP contribution < -0.4 is 9.80 Å². The zero-order valence-electron chi connectivity index (χ0n) is 33.4. The van der Waals surface area contributed by atoms with Crippen molar-refractivity contribution in [2.45, 2.75) is 69.2 Å². The molecular formula is C52H50N2. The van der Waals surface area contributed by atoms with E-state index in [0.29, 0.717) is 0 Å². The SMILES string of the molecule is Cc1ccc2c(c1)c(N(c1ccc(C)c(C)c1)c1ccc(C)c(C)c1)cc1c3ccc(C)cc3c(N(c3ccc(C)c(C)c3)c3ccc(C)c(C)c3)cc21. The highest BCUT2D eigenvalue weighted by molar-refractivity contribution is 6.24. The Morgan fingerprint density at radius 1 is 0.241 bits per heavy atom. The van der Waals surface area contributed by atoms with E-state index >= 15 is 0 Å². The smallest absolute Gasteiger partial charge is 0.0546 e. The number of rotatable bonds is 6. The fourth-order valence-corrected chi connectivity index (χ4v) is 7.92. The molecule has 2 heteroatoms. The molecule has 8 aromatic rings. The number of aryl methyl sites for hydroxylation is 10. The molecule has 8 rings (SSSR count). The van der Waals surface area contributed by atoms with Crippen LogP contribution in [-0.2, 0) is 0 Å². The van der Waals surface area contributed by atoms with Crippen LogP contribution in [0.25, 0.3) is 32.3 Å². The summed E-state index contributed by atoms with van der Waals surface area (Å²) in [7, 11) is 0. The first kappa shape index (κ1) is 35.2. The molecule has 0 saturated heterocycles. The molecule has 8 aromatic carbocycles. The third kappa shape index (κ3) is 6.10. The number of hydrogen-bond donors (Lipinski definition) is 0. The second-order valence-corrected chi connectivity index (χ2v) is 15.7. The number of benzene rings is 8. The first-order valence-corrected chi connectivity index (χ1v) is 19.2. The maximum atomic E-state index is 2.48. The molecule has 54 heavy (non-hydrogen) atoms. The van der Waals surface area contributed by atoms with Gasteiger partial charge in [-0.25, -0.2) is 0 Å². The van der Waals surface area contributed by atoms with Crippen LogP contribution in [0, 0.1) is 69.2 Å². The average Bonchev–Trinajstić information content (AvgIpc) is 3.14. The minimum atomic E-state index is 1.16. The molecule has 0 atom stereocenters. The van der Waals surface area contributed by atoms with Gasteiger partial charge < -0.3 is 9.80 Å². The van der Waals surface area contributed by atoms with Crippen LogP contribution in [-0.4, -0.2) is 0 Å².